The third-order valence-corrected chi connectivity index (χ3v) is 2.45. The zero-order valence-electron chi connectivity index (χ0n) is 9.48. The first-order chi connectivity index (χ1) is 7.56. The molecule has 0 saturated heterocycles. The van der Waals surface area contributed by atoms with Gasteiger partial charge in [0.2, 0.25) is 0 Å². The molecule has 3 nitrogen and oxygen atoms in total. The van der Waals surface area contributed by atoms with Gasteiger partial charge in [-0.2, -0.15) is 0 Å². The average molecular weight is 225 g/mol. The molecule has 1 N–H and O–H groups in total. The number of halogens is 1. The van der Waals surface area contributed by atoms with Crippen molar-refractivity contribution in [3.63, 3.8) is 0 Å². The van der Waals surface area contributed by atoms with Gasteiger partial charge >= 0.3 is 5.97 Å². The SMILES string of the molecule is CCCN(c1ccc(F)cc1)C(C)C(=O)O. The van der Waals surface area contributed by atoms with Crippen LogP contribution in [0.2, 0.25) is 0 Å². The van der Waals surface area contributed by atoms with E-state index >= 15 is 0 Å². The molecule has 1 rings (SSSR count). The van der Waals surface area contributed by atoms with Crippen molar-refractivity contribution < 1.29 is 14.3 Å². The van der Waals surface area contributed by atoms with Crippen molar-refractivity contribution in [1.82, 2.24) is 0 Å². The molecule has 0 aliphatic rings. The average Bonchev–Trinajstić information content (AvgIpc) is 2.26. The molecule has 1 aromatic rings. The van der Waals surface area contributed by atoms with Crippen LogP contribution in [-0.2, 0) is 4.79 Å². The molecule has 0 amide bonds. The molecule has 1 aromatic carbocycles. The summed E-state index contributed by atoms with van der Waals surface area (Å²) in [6.45, 7) is 4.24. The summed E-state index contributed by atoms with van der Waals surface area (Å²) in [6.07, 6.45) is 0.842. The summed E-state index contributed by atoms with van der Waals surface area (Å²) in [5.41, 5.74) is 0.734. The Labute approximate surface area is 94.5 Å². The maximum Gasteiger partial charge on any atom is 0.326 e. The van der Waals surface area contributed by atoms with Crippen LogP contribution in [0.4, 0.5) is 10.1 Å². The molecule has 0 spiro atoms. The van der Waals surface area contributed by atoms with Crippen LogP contribution in [-0.4, -0.2) is 23.7 Å². The third kappa shape index (κ3) is 2.95. The fraction of sp³-hybridized carbons (Fsp3) is 0.417. The van der Waals surface area contributed by atoms with E-state index in [2.05, 4.69) is 0 Å². The second-order valence-electron chi connectivity index (χ2n) is 3.68. The molecule has 16 heavy (non-hydrogen) atoms. The first-order valence-electron chi connectivity index (χ1n) is 5.31. The lowest BCUT2D eigenvalue weighted by Crippen LogP contribution is -2.39. The molecule has 1 atom stereocenters. The highest BCUT2D eigenvalue weighted by molar-refractivity contribution is 5.77. The lowest BCUT2D eigenvalue weighted by atomic mass is 10.2. The van der Waals surface area contributed by atoms with Crippen molar-refractivity contribution in [3.05, 3.63) is 30.1 Å². The van der Waals surface area contributed by atoms with Gasteiger partial charge in [0.15, 0.2) is 0 Å². The number of carboxylic acid groups (broad SMARTS) is 1. The van der Waals surface area contributed by atoms with Gasteiger partial charge in [0.05, 0.1) is 0 Å². The van der Waals surface area contributed by atoms with E-state index in [1.807, 2.05) is 6.92 Å². The Hall–Kier alpha value is -1.58. The van der Waals surface area contributed by atoms with Crippen LogP contribution in [0.25, 0.3) is 0 Å². The van der Waals surface area contributed by atoms with Crippen molar-refractivity contribution in [3.8, 4) is 0 Å². The van der Waals surface area contributed by atoms with Gasteiger partial charge in [-0.05, 0) is 37.6 Å². The van der Waals surface area contributed by atoms with Gasteiger partial charge in [-0.25, -0.2) is 9.18 Å². The minimum absolute atomic E-state index is 0.317. The van der Waals surface area contributed by atoms with Gasteiger partial charge in [-0.3, -0.25) is 0 Å². The number of aliphatic carboxylic acids is 1. The largest absolute Gasteiger partial charge is 0.480 e. The zero-order valence-corrected chi connectivity index (χ0v) is 9.48. The van der Waals surface area contributed by atoms with E-state index in [0.29, 0.717) is 6.54 Å². The standard InChI is InChI=1S/C12H16FNO2/c1-3-8-14(9(2)12(15)16)11-6-4-10(13)5-7-11/h4-7,9H,3,8H2,1-2H3,(H,15,16). The fourth-order valence-electron chi connectivity index (χ4n) is 1.55. The highest BCUT2D eigenvalue weighted by atomic mass is 19.1. The van der Waals surface area contributed by atoms with Gasteiger partial charge in [0.1, 0.15) is 11.9 Å². The molecule has 0 bridgehead atoms. The summed E-state index contributed by atoms with van der Waals surface area (Å²) in [4.78, 5) is 12.7. The molecule has 0 radical (unpaired) electrons. The summed E-state index contributed by atoms with van der Waals surface area (Å²) in [5.74, 6) is -1.19. The molecule has 4 heteroatoms. The Morgan fingerprint density at radius 2 is 2.00 bits per heavy atom. The molecule has 0 saturated carbocycles. The van der Waals surface area contributed by atoms with Crippen LogP contribution in [0, 0.1) is 5.82 Å². The summed E-state index contributed by atoms with van der Waals surface area (Å²) in [6, 6.07) is 5.28. The lowest BCUT2D eigenvalue weighted by Gasteiger charge is -2.28. The third-order valence-electron chi connectivity index (χ3n) is 2.45. The summed E-state index contributed by atoms with van der Waals surface area (Å²) in [5, 5.41) is 8.98. The summed E-state index contributed by atoms with van der Waals surface area (Å²) in [7, 11) is 0. The number of hydrogen-bond donors (Lipinski definition) is 1. The predicted molar refractivity (Wildman–Crippen MR) is 61.1 cm³/mol. The molecular weight excluding hydrogens is 209 g/mol. The van der Waals surface area contributed by atoms with Crippen molar-refractivity contribution in [2.45, 2.75) is 26.3 Å². The van der Waals surface area contributed by atoms with Crippen molar-refractivity contribution in [1.29, 1.82) is 0 Å². The van der Waals surface area contributed by atoms with Gasteiger partial charge in [0.25, 0.3) is 0 Å². The minimum Gasteiger partial charge on any atom is -0.480 e. The van der Waals surface area contributed by atoms with E-state index in [1.54, 1.807) is 24.0 Å². The number of anilines is 1. The number of hydrogen-bond acceptors (Lipinski definition) is 2. The normalized spacial score (nSPS) is 12.2. The van der Waals surface area contributed by atoms with Gasteiger partial charge in [-0.1, -0.05) is 6.92 Å². The first-order valence-corrected chi connectivity index (χ1v) is 5.31. The van der Waals surface area contributed by atoms with Crippen LogP contribution < -0.4 is 4.90 Å². The van der Waals surface area contributed by atoms with Crippen molar-refractivity contribution in [2.75, 3.05) is 11.4 Å². The number of benzene rings is 1. The fourth-order valence-corrected chi connectivity index (χ4v) is 1.55. The molecule has 1 unspecified atom stereocenters. The second-order valence-corrected chi connectivity index (χ2v) is 3.68. The Kier molecular flexibility index (Phi) is 4.28. The van der Waals surface area contributed by atoms with Gasteiger partial charge < -0.3 is 10.0 Å². The quantitative estimate of drug-likeness (QED) is 0.837. The van der Waals surface area contributed by atoms with Gasteiger partial charge in [0, 0.05) is 12.2 Å². The highest BCUT2D eigenvalue weighted by Crippen LogP contribution is 2.18. The van der Waals surface area contributed by atoms with Gasteiger partial charge in [-0.15, -0.1) is 0 Å². The number of nitrogens with zero attached hydrogens (tertiary/aromatic N) is 1. The van der Waals surface area contributed by atoms with Crippen molar-refractivity contribution >= 4 is 11.7 Å². The van der Waals surface area contributed by atoms with Crippen LogP contribution >= 0.6 is 0 Å². The molecule has 0 aliphatic carbocycles. The van der Waals surface area contributed by atoms with E-state index in [1.165, 1.54) is 12.1 Å². The van der Waals surface area contributed by atoms with Crippen LogP contribution in [0.1, 0.15) is 20.3 Å². The van der Waals surface area contributed by atoms with Crippen molar-refractivity contribution in [2.24, 2.45) is 0 Å². The molecule has 0 aliphatic heterocycles. The van der Waals surface area contributed by atoms with E-state index in [4.69, 9.17) is 5.11 Å². The molecule has 88 valence electrons. The first kappa shape index (κ1) is 12.5. The van der Waals surface area contributed by atoms with Crippen LogP contribution in [0.15, 0.2) is 24.3 Å². The topological polar surface area (TPSA) is 40.5 Å². The Bertz CT molecular complexity index is 351. The second kappa shape index (κ2) is 5.49. The molecule has 0 fully saturated rings. The summed E-state index contributed by atoms with van der Waals surface area (Å²) < 4.78 is 12.8. The lowest BCUT2D eigenvalue weighted by molar-refractivity contribution is -0.138. The van der Waals surface area contributed by atoms with E-state index in [9.17, 15) is 9.18 Å². The maximum atomic E-state index is 12.8. The molecule has 0 aromatic heterocycles. The zero-order chi connectivity index (χ0) is 12.1. The van der Waals surface area contributed by atoms with Crippen LogP contribution in [0.3, 0.4) is 0 Å². The number of rotatable bonds is 5. The summed E-state index contributed by atoms with van der Waals surface area (Å²) >= 11 is 0. The highest BCUT2D eigenvalue weighted by Gasteiger charge is 2.19. The Balaban J connectivity index is 2.92. The molecule has 0 heterocycles. The predicted octanol–water partition coefficient (Wildman–Crippen LogP) is 2.52. The van der Waals surface area contributed by atoms with E-state index in [0.717, 1.165) is 12.1 Å². The monoisotopic (exact) mass is 225 g/mol. The van der Waals surface area contributed by atoms with E-state index in [-0.39, 0.29) is 5.82 Å². The smallest absolute Gasteiger partial charge is 0.326 e. The number of carbonyl (C=O) groups is 1. The van der Waals surface area contributed by atoms with Crippen LogP contribution in [0.5, 0.6) is 0 Å². The number of carboxylic acids is 1. The Morgan fingerprint density at radius 1 is 1.44 bits per heavy atom. The Morgan fingerprint density at radius 3 is 2.44 bits per heavy atom. The van der Waals surface area contributed by atoms with E-state index < -0.39 is 12.0 Å². The molecular formula is C12H16FNO2. The minimum atomic E-state index is -0.877. The maximum absolute atomic E-state index is 12.8.